The van der Waals surface area contributed by atoms with Crippen LogP contribution in [0, 0.1) is 19.8 Å². The van der Waals surface area contributed by atoms with Gasteiger partial charge in [0.05, 0.1) is 25.3 Å². The molecule has 3 fully saturated rings. The summed E-state index contributed by atoms with van der Waals surface area (Å²) in [7, 11) is 0. The van der Waals surface area contributed by atoms with Crippen molar-refractivity contribution in [3.63, 3.8) is 0 Å². The molecule has 1 saturated carbocycles. The fraction of sp³-hybridized carbons (Fsp3) is 0.650. The first-order valence-corrected chi connectivity index (χ1v) is 9.28. The van der Waals surface area contributed by atoms with Crippen LogP contribution in [0.15, 0.2) is 18.2 Å². The number of carbonyl (C=O) groups is 1. The highest BCUT2D eigenvalue weighted by Crippen LogP contribution is 2.40. The summed E-state index contributed by atoms with van der Waals surface area (Å²) in [6.45, 7) is 8.86. The predicted octanol–water partition coefficient (Wildman–Crippen LogP) is 3.03. The first kappa shape index (κ1) is 16.1. The van der Waals surface area contributed by atoms with Gasteiger partial charge >= 0.3 is 0 Å². The molecular weight excluding hydrogens is 300 g/mol. The van der Waals surface area contributed by atoms with Crippen LogP contribution < -0.4 is 0 Å². The molecule has 0 spiro atoms. The van der Waals surface area contributed by atoms with E-state index in [4.69, 9.17) is 4.74 Å². The largest absolute Gasteiger partial charge is 0.371 e. The summed E-state index contributed by atoms with van der Waals surface area (Å²) in [6, 6.07) is 7.45. The molecule has 1 amide bonds. The zero-order valence-corrected chi connectivity index (χ0v) is 15.0. The summed E-state index contributed by atoms with van der Waals surface area (Å²) >= 11 is 0. The monoisotopic (exact) mass is 328 g/mol. The number of hydrogen-bond acceptors (Lipinski definition) is 3. The molecule has 4 nitrogen and oxygen atoms in total. The highest BCUT2D eigenvalue weighted by atomic mass is 16.5. The molecule has 4 unspecified atom stereocenters. The summed E-state index contributed by atoms with van der Waals surface area (Å²) in [5.41, 5.74) is 3.85. The molecule has 1 aromatic carbocycles. The van der Waals surface area contributed by atoms with Crippen molar-refractivity contribution in [2.24, 2.45) is 5.92 Å². The van der Waals surface area contributed by atoms with Gasteiger partial charge < -0.3 is 9.64 Å². The van der Waals surface area contributed by atoms with Crippen LogP contribution in [0.5, 0.6) is 0 Å². The van der Waals surface area contributed by atoms with Gasteiger partial charge in [0.1, 0.15) is 0 Å². The lowest BCUT2D eigenvalue weighted by Crippen LogP contribution is -2.63. The molecule has 4 atom stereocenters. The van der Waals surface area contributed by atoms with Crippen LogP contribution in [-0.2, 0) is 9.53 Å². The first-order chi connectivity index (χ1) is 11.5. The number of nitrogens with zero attached hydrogens (tertiary/aromatic N) is 2. The Morgan fingerprint density at radius 1 is 1.25 bits per heavy atom. The number of hydrogen-bond donors (Lipinski definition) is 0. The van der Waals surface area contributed by atoms with E-state index in [2.05, 4.69) is 48.8 Å². The number of fused-ring (bicyclic) bond motifs is 1. The maximum Gasteiger partial charge on any atom is 0.229 e. The van der Waals surface area contributed by atoms with E-state index >= 15 is 0 Å². The fourth-order valence-corrected chi connectivity index (χ4v) is 4.56. The van der Waals surface area contributed by atoms with E-state index in [1.54, 1.807) is 0 Å². The van der Waals surface area contributed by atoms with Gasteiger partial charge in [0.15, 0.2) is 0 Å². The van der Waals surface area contributed by atoms with Gasteiger partial charge in [0.25, 0.3) is 0 Å². The number of likely N-dealkylation sites (tertiary alicyclic amines) is 1. The lowest BCUT2D eigenvalue weighted by molar-refractivity contribution is -0.163. The number of morpholine rings is 1. The Balaban J connectivity index is 1.47. The SMILES string of the molecule is Cc1ccc(C)c(C2CN(CN3C(=O)C4CCCC43)C(C)CO2)c1. The van der Waals surface area contributed by atoms with Crippen LogP contribution in [0.3, 0.4) is 0 Å². The number of benzene rings is 1. The van der Waals surface area contributed by atoms with Crippen LogP contribution in [0.4, 0.5) is 0 Å². The number of β-lactam (4-membered cyclic amide) rings is 1. The predicted molar refractivity (Wildman–Crippen MR) is 93.6 cm³/mol. The van der Waals surface area contributed by atoms with Crippen molar-refractivity contribution in [2.75, 3.05) is 19.8 Å². The highest BCUT2D eigenvalue weighted by molar-refractivity contribution is 5.86. The lowest BCUT2D eigenvalue weighted by atomic mass is 9.91. The van der Waals surface area contributed by atoms with Gasteiger partial charge in [-0.3, -0.25) is 9.69 Å². The third-order valence-corrected chi connectivity index (χ3v) is 6.16. The van der Waals surface area contributed by atoms with Gasteiger partial charge in [0, 0.05) is 18.6 Å². The van der Waals surface area contributed by atoms with Crippen LogP contribution >= 0.6 is 0 Å². The van der Waals surface area contributed by atoms with Gasteiger partial charge in [-0.25, -0.2) is 0 Å². The van der Waals surface area contributed by atoms with Crippen LogP contribution in [0.25, 0.3) is 0 Å². The van der Waals surface area contributed by atoms with E-state index in [9.17, 15) is 4.79 Å². The van der Waals surface area contributed by atoms with Crippen molar-refractivity contribution in [1.82, 2.24) is 9.80 Å². The molecule has 0 aromatic heterocycles. The van der Waals surface area contributed by atoms with Crippen molar-refractivity contribution in [3.8, 4) is 0 Å². The Morgan fingerprint density at radius 2 is 2.08 bits per heavy atom. The Morgan fingerprint density at radius 3 is 2.92 bits per heavy atom. The summed E-state index contributed by atoms with van der Waals surface area (Å²) in [6.07, 6.45) is 3.61. The topological polar surface area (TPSA) is 32.8 Å². The van der Waals surface area contributed by atoms with Gasteiger partial charge in [-0.2, -0.15) is 0 Å². The van der Waals surface area contributed by atoms with Crippen molar-refractivity contribution >= 4 is 5.91 Å². The van der Waals surface area contributed by atoms with Crippen LogP contribution in [0.2, 0.25) is 0 Å². The number of ether oxygens (including phenoxy) is 1. The highest BCUT2D eigenvalue weighted by Gasteiger charge is 2.50. The average Bonchev–Trinajstić information content (AvgIpc) is 3.01. The zero-order chi connectivity index (χ0) is 16.8. The maximum atomic E-state index is 12.3. The second-order valence-electron chi connectivity index (χ2n) is 7.86. The van der Waals surface area contributed by atoms with E-state index in [-0.39, 0.29) is 6.10 Å². The number of aryl methyl sites for hydroxylation is 2. The summed E-state index contributed by atoms with van der Waals surface area (Å²) in [4.78, 5) is 16.9. The van der Waals surface area contributed by atoms with E-state index in [0.29, 0.717) is 23.9 Å². The lowest BCUT2D eigenvalue weighted by Gasteiger charge is -2.49. The third-order valence-electron chi connectivity index (χ3n) is 6.16. The normalized spacial score (nSPS) is 33.5. The molecule has 24 heavy (non-hydrogen) atoms. The van der Waals surface area contributed by atoms with Crippen molar-refractivity contribution < 1.29 is 9.53 Å². The molecule has 1 aromatic rings. The molecule has 0 bridgehead atoms. The molecule has 2 heterocycles. The second kappa shape index (κ2) is 6.16. The summed E-state index contributed by atoms with van der Waals surface area (Å²) in [5, 5.41) is 0. The molecule has 130 valence electrons. The molecule has 4 rings (SSSR count). The van der Waals surface area contributed by atoms with Gasteiger partial charge in [-0.1, -0.05) is 30.2 Å². The third kappa shape index (κ3) is 2.66. The minimum atomic E-state index is 0.108. The summed E-state index contributed by atoms with van der Waals surface area (Å²) in [5.74, 6) is 0.704. The van der Waals surface area contributed by atoms with Crippen LogP contribution in [-0.4, -0.2) is 47.6 Å². The zero-order valence-electron chi connectivity index (χ0n) is 15.0. The Labute approximate surface area is 144 Å². The first-order valence-electron chi connectivity index (χ1n) is 9.28. The Kier molecular flexibility index (Phi) is 4.13. The van der Waals surface area contributed by atoms with Gasteiger partial charge in [-0.05, 0) is 44.7 Å². The van der Waals surface area contributed by atoms with Crippen LogP contribution in [0.1, 0.15) is 49.0 Å². The van der Waals surface area contributed by atoms with Gasteiger partial charge in [-0.15, -0.1) is 0 Å². The second-order valence-corrected chi connectivity index (χ2v) is 7.86. The van der Waals surface area contributed by atoms with E-state index in [0.717, 1.165) is 26.2 Å². The minimum absolute atomic E-state index is 0.108. The van der Waals surface area contributed by atoms with Crippen molar-refractivity contribution in [2.45, 2.75) is 58.2 Å². The average molecular weight is 328 g/mol. The molecule has 0 N–H and O–H groups in total. The minimum Gasteiger partial charge on any atom is -0.371 e. The molecule has 0 radical (unpaired) electrons. The smallest absolute Gasteiger partial charge is 0.229 e. The van der Waals surface area contributed by atoms with Gasteiger partial charge in [0.2, 0.25) is 5.91 Å². The molecular formula is C20H28N2O2. The fourth-order valence-electron chi connectivity index (χ4n) is 4.56. The molecule has 3 aliphatic rings. The number of amides is 1. The standard InChI is InChI=1S/C20H28N2O2/c1-13-7-8-14(2)17(9-13)19-10-21(15(3)11-24-19)12-22-18-6-4-5-16(18)20(22)23/h7-9,15-16,18-19H,4-6,10-12H2,1-3H3. The van der Waals surface area contributed by atoms with E-state index in [1.807, 2.05) is 0 Å². The molecule has 1 aliphatic carbocycles. The van der Waals surface area contributed by atoms with Crippen molar-refractivity contribution in [1.29, 1.82) is 0 Å². The maximum absolute atomic E-state index is 12.3. The quantitative estimate of drug-likeness (QED) is 0.800. The van der Waals surface area contributed by atoms with E-state index < -0.39 is 0 Å². The molecule has 2 aliphatic heterocycles. The Bertz CT molecular complexity index is 645. The van der Waals surface area contributed by atoms with E-state index in [1.165, 1.54) is 29.5 Å². The molecule has 4 heteroatoms. The molecule has 2 saturated heterocycles. The number of carbonyl (C=O) groups excluding carboxylic acids is 1. The van der Waals surface area contributed by atoms with Crippen molar-refractivity contribution in [3.05, 3.63) is 34.9 Å². The summed E-state index contributed by atoms with van der Waals surface area (Å²) < 4.78 is 6.14. The number of rotatable bonds is 3. The Hall–Kier alpha value is -1.39.